The fourth-order valence-electron chi connectivity index (χ4n) is 3.08. The molecule has 0 atom stereocenters. The molecule has 10 heteroatoms. The number of rotatable bonds is 3. The molecule has 146 valence electrons. The second kappa shape index (κ2) is 6.89. The first-order valence-corrected chi connectivity index (χ1v) is 8.56. The molecule has 8 nitrogen and oxygen atoms in total. The van der Waals surface area contributed by atoms with Gasteiger partial charge in [-0.25, -0.2) is 22.8 Å². The number of allylic oxidation sites excluding steroid dienone is 1. The van der Waals surface area contributed by atoms with Crippen LogP contribution in [0.1, 0.15) is 12.6 Å². The molecule has 0 fully saturated rings. The van der Waals surface area contributed by atoms with Crippen molar-refractivity contribution in [3.8, 4) is 11.4 Å². The highest BCUT2D eigenvalue weighted by molar-refractivity contribution is 5.76. The summed E-state index contributed by atoms with van der Waals surface area (Å²) in [5, 5.41) is 7.72. The summed E-state index contributed by atoms with van der Waals surface area (Å²) in [7, 11) is 0. The minimum atomic E-state index is -1.10. The molecule has 3 aromatic heterocycles. The van der Waals surface area contributed by atoms with Gasteiger partial charge in [0, 0.05) is 24.5 Å². The van der Waals surface area contributed by atoms with E-state index in [4.69, 9.17) is 0 Å². The molecule has 29 heavy (non-hydrogen) atoms. The van der Waals surface area contributed by atoms with E-state index in [9.17, 15) is 18.4 Å². The van der Waals surface area contributed by atoms with Crippen molar-refractivity contribution in [2.45, 2.75) is 13.8 Å². The van der Waals surface area contributed by atoms with E-state index >= 15 is 0 Å². The van der Waals surface area contributed by atoms with Gasteiger partial charge in [-0.3, -0.25) is 14.3 Å². The van der Waals surface area contributed by atoms with Crippen LogP contribution in [0.25, 0.3) is 28.6 Å². The van der Waals surface area contributed by atoms with Crippen molar-refractivity contribution in [1.82, 2.24) is 29.1 Å². The highest BCUT2D eigenvalue weighted by Gasteiger charge is 2.21. The predicted octanol–water partition coefficient (Wildman–Crippen LogP) is 2.21. The number of aromatic nitrogens is 6. The van der Waals surface area contributed by atoms with Gasteiger partial charge in [0.25, 0.3) is 5.56 Å². The summed E-state index contributed by atoms with van der Waals surface area (Å²) < 4.78 is 30.7. The molecule has 1 aromatic carbocycles. The van der Waals surface area contributed by atoms with Gasteiger partial charge in [0.05, 0.1) is 23.1 Å². The average Bonchev–Trinajstić information content (AvgIpc) is 3.09. The van der Waals surface area contributed by atoms with Crippen LogP contribution in [0.15, 0.2) is 52.3 Å². The lowest BCUT2D eigenvalue weighted by Crippen LogP contribution is -2.41. The van der Waals surface area contributed by atoms with Gasteiger partial charge in [-0.1, -0.05) is 11.3 Å². The molecular weight excluding hydrogens is 382 g/mol. The summed E-state index contributed by atoms with van der Waals surface area (Å²) >= 11 is 0. The Balaban J connectivity index is 2.15. The third-order valence-electron chi connectivity index (χ3n) is 4.41. The second-order valence-corrected chi connectivity index (χ2v) is 6.18. The standard InChI is InChI=1S/C19H14F2N6O2/c1-3-7-25-11(2)17(18(28)26(19(25)29)12-5-4-6-22-10-12)27-16-9-14(21)13(20)8-15(16)23-24-27/h3-10H,1-2H3/b7-3-. The predicted molar refractivity (Wildman–Crippen MR) is 102 cm³/mol. The molecule has 0 aliphatic heterocycles. The van der Waals surface area contributed by atoms with Gasteiger partial charge in [-0.15, -0.1) is 5.10 Å². The van der Waals surface area contributed by atoms with Crippen molar-refractivity contribution in [1.29, 1.82) is 0 Å². The van der Waals surface area contributed by atoms with E-state index in [1.807, 2.05) is 0 Å². The van der Waals surface area contributed by atoms with Crippen molar-refractivity contribution in [3.63, 3.8) is 0 Å². The summed E-state index contributed by atoms with van der Waals surface area (Å²) in [6.45, 7) is 3.27. The number of benzene rings is 1. The molecule has 0 radical (unpaired) electrons. The molecule has 0 aliphatic carbocycles. The van der Waals surface area contributed by atoms with E-state index < -0.39 is 22.9 Å². The first kappa shape index (κ1) is 18.4. The van der Waals surface area contributed by atoms with Gasteiger partial charge >= 0.3 is 5.69 Å². The van der Waals surface area contributed by atoms with Crippen LogP contribution in [0, 0.1) is 18.6 Å². The molecule has 0 unspecified atom stereocenters. The van der Waals surface area contributed by atoms with Crippen LogP contribution >= 0.6 is 0 Å². The molecule has 3 heterocycles. The Morgan fingerprint density at radius 1 is 1.14 bits per heavy atom. The fourth-order valence-corrected chi connectivity index (χ4v) is 3.08. The maximum Gasteiger partial charge on any atom is 0.340 e. The van der Waals surface area contributed by atoms with Crippen LogP contribution in [0.4, 0.5) is 8.78 Å². The Labute approximate surface area is 162 Å². The average molecular weight is 396 g/mol. The van der Waals surface area contributed by atoms with Crippen LogP contribution < -0.4 is 11.2 Å². The van der Waals surface area contributed by atoms with E-state index in [1.165, 1.54) is 23.2 Å². The molecule has 0 saturated heterocycles. The van der Waals surface area contributed by atoms with Crippen LogP contribution in [-0.2, 0) is 0 Å². The second-order valence-electron chi connectivity index (χ2n) is 6.18. The number of pyridine rings is 1. The summed E-state index contributed by atoms with van der Waals surface area (Å²) in [6, 6.07) is 4.95. The quantitative estimate of drug-likeness (QED) is 0.530. The maximum atomic E-state index is 13.8. The zero-order valence-corrected chi connectivity index (χ0v) is 15.4. The molecular formula is C19H14F2N6O2. The molecule has 4 rings (SSSR count). The first-order valence-electron chi connectivity index (χ1n) is 8.56. The lowest BCUT2D eigenvalue weighted by atomic mass is 10.2. The molecule has 0 saturated carbocycles. The number of nitrogens with zero attached hydrogens (tertiary/aromatic N) is 6. The van der Waals surface area contributed by atoms with E-state index in [-0.39, 0.29) is 28.1 Å². The summed E-state index contributed by atoms with van der Waals surface area (Å²) in [5.41, 5.74) is -0.660. The number of hydrogen-bond donors (Lipinski definition) is 0. The highest BCUT2D eigenvalue weighted by atomic mass is 19.2. The molecule has 0 bridgehead atoms. The topological polar surface area (TPSA) is 87.6 Å². The summed E-state index contributed by atoms with van der Waals surface area (Å²) in [6.07, 6.45) is 6.00. The zero-order valence-electron chi connectivity index (χ0n) is 15.4. The van der Waals surface area contributed by atoms with E-state index in [0.717, 1.165) is 21.4 Å². The number of hydrogen-bond acceptors (Lipinski definition) is 5. The smallest absolute Gasteiger partial charge is 0.271 e. The van der Waals surface area contributed by atoms with Crippen molar-refractivity contribution in [3.05, 3.63) is 80.9 Å². The Hall–Kier alpha value is -3.95. The third kappa shape index (κ3) is 2.85. The third-order valence-corrected chi connectivity index (χ3v) is 4.41. The summed E-state index contributed by atoms with van der Waals surface area (Å²) in [5.74, 6) is -2.18. The number of halogens is 2. The molecule has 0 spiro atoms. The van der Waals surface area contributed by atoms with Gasteiger partial charge in [0.15, 0.2) is 17.3 Å². The van der Waals surface area contributed by atoms with Gasteiger partial charge in [-0.2, -0.15) is 0 Å². The van der Waals surface area contributed by atoms with Crippen LogP contribution in [-0.4, -0.2) is 29.1 Å². The van der Waals surface area contributed by atoms with Crippen molar-refractivity contribution < 1.29 is 8.78 Å². The number of fused-ring (bicyclic) bond motifs is 1. The van der Waals surface area contributed by atoms with Gasteiger partial charge in [-0.05, 0) is 26.0 Å². The van der Waals surface area contributed by atoms with Crippen molar-refractivity contribution >= 4 is 17.2 Å². The highest BCUT2D eigenvalue weighted by Crippen LogP contribution is 2.20. The monoisotopic (exact) mass is 396 g/mol. The van der Waals surface area contributed by atoms with Gasteiger partial charge < -0.3 is 0 Å². The molecule has 0 aliphatic rings. The first-order chi connectivity index (χ1) is 13.9. The lowest BCUT2D eigenvalue weighted by molar-refractivity contribution is 0.510. The summed E-state index contributed by atoms with van der Waals surface area (Å²) in [4.78, 5) is 30.2. The lowest BCUT2D eigenvalue weighted by Gasteiger charge is -2.14. The molecule has 0 amide bonds. The minimum absolute atomic E-state index is 0.0277. The van der Waals surface area contributed by atoms with Gasteiger partial charge in [0.1, 0.15) is 5.52 Å². The van der Waals surface area contributed by atoms with E-state index in [0.29, 0.717) is 0 Å². The molecule has 4 aromatic rings. The van der Waals surface area contributed by atoms with Gasteiger partial charge in [0.2, 0.25) is 0 Å². The Bertz CT molecular complexity index is 1390. The minimum Gasteiger partial charge on any atom is -0.271 e. The van der Waals surface area contributed by atoms with Crippen LogP contribution in [0.5, 0.6) is 0 Å². The normalized spacial score (nSPS) is 11.6. The Kier molecular flexibility index (Phi) is 4.38. The van der Waals surface area contributed by atoms with E-state index in [2.05, 4.69) is 15.3 Å². The Morgan fingerprint density at radius 3 is 2.59 bits per heavy atom. The molecule has 0 N–H and O–H groups in total. The SMILES string of the molecule is C/C=C\n1c(C)c(-n2nnc3cc(F)c(F)cc32)c(=O)n(-c2cccnc2)c1=O. The van der Waals surface area contributed by atoms with Crippen molar-refractivity contribution in [2.75, 3.05) is 0 Å². The maximum absolute atomic E-state index is 13.8. The zero-order chi connectivity index (χ0) is 20.7. The van der Waals surface area contributed by atoms with Crippen molar-refractivity contribution in [2.24, 2.45) is 0 Å². The van der Waals surface area contributed by atoms with Crippen LogP contribution in [0.2, 0.25) is 0 Å². The largest absolute Gasteiger partial charge is 0.340 e. The Morgan fingerprint density at radius 2 is 1.90 bits per heavy atom. The fraction of sp³-hybridized carbons (Fsp3) is 0.105. The van der Waals surface area contributed by atoms with Crippen LogP contribution in [0.3, 0.4) is 0 Å². The van der Waals surface area contributed by atoms with E-state index in [1.54, 1.807) is 32.1 Å².